The molecule has 6 nitrogen and oxygen atoms in total. The number of rotatable bonds is 5. The molecule has 0 spiro atoms. The van der Waals surface area contributed by atoms with Gasteiger partial charge in [-0.25, -0.2) is 0 Å². The first-order chi connectivity index (χ1) is 12.4. The SMILES string of the molecule is CCO[C@@H]1CCCc2c(Oc3c(Cl)cc([N+](=O)[O-])cc3Cl)ccc(O)c21. The summed E-state index contributed by atoms with van der Waals surface area (Å²) in [6.45, 7) is 2.44. The number of halogens is 2. The fourth-order valence-corrected chi connectivity index (χ4v) is 3.73. The molecule has 0 bridgehead atoms. The summed E-state index contributed by atoms with van der Waals surface area (Å²) < 4.78 is 11.6. The Hall–Kier alpha value is -2.02. The summed E-state index contributed by atoms with van der Waals surface area (Å²) in [5.41, 5.74) is 1.33. The molecule has 0 aliphatic heterocycles. The van der Waals surface area contributed by atoms with Crippen molar-refractivity contribution in [1.29, 1.82) is 0 Å². The van der Waals surface area contributed by atoms with Crippen LogP contribution in [0.1, 0.15) is 37.0 Å². The standard InChI is InChI=1S/C18H17Cl2NO5/c1-2-25-16-5-3-4-11-15(7-6-14(22)17(11)16)26-18-12(19)8-10(21(23)24)9-13(18)20/h6-9,16,22H,2-5H2,1H3/t16-/m1/s1. The van der Waals surface area contributed by atoms with Crippen molar-refractivity contribution in [2.24, 2.45) is 0 Å². The lowest BCUT2D eigenvalue weighted by atomic mass is 9.88. The van der Waals surface area contributed by atoms with Gasteiger partial charge in [0.1, 0.15) is 11.5 Å². The summed E-state index contributed by atoms with van der Waals surface area (Å²) >= 11 is 12.3. The molecule has 0 fully saturated rings. The number of hydrogen-bond acceptors (Lipinski definition) is 5. The van der Waals surface area contributed by atoms with E-state index in [0.717, 1.165) is 18.4 Å². The topological polar surface area (TPSA) is 81.8 Å². The highest BCUT2D eigenvalue weighted by Crippen LogP contribution is 2.46. The first-order valence-electron chi connectivity index (χ1n) is 8.20. The molecule has 0 aromatic heterocycles. The van der Waals surface area contributed by atoms with Crippen LogP contribution in [0.25, 0.3) is 0 Å². The van der Waals surface area contributed by atoms with Crippen molar-refractivity contribution in [3.8, 4) is 17.2 Å². The molecule has 8 heteroatoms. The lowest BCUT2D eigenvalue weighted by molar-refractivity contribution is -0.384. The van der Waals surface area contributed by atoms with Crippen LogP contribution in [0.4, 0.5) is 5.69 Å². The van der Waals surface area contributed by atoms with Crippen molar-refractivity contribution < 1.29 is 19.5 Å². The van der Waals surface area contributed by atoms with Crippen LogP contribution in [0.3, 0.4) is 0 Å². The molecule has 1 atom stereocenters. The molecular formula is C18H17Cl2NO5. The Bertz CT molecular complexity index is 833. The van der Waals surface area contributed by atoms with Gasteiger partial charge in [0.05, 0.1) is 21.1 Å². The lowest BCUT2D eigenvalue weighted by Gasteiger charge is -2.28. The van der Waals surface area contributed by atoms with Gasteiger partial charge in [-0.15, -0.1) is 0 Å². The number of benzene rings is 2. The molecule has 2 aromatic carbocycles. The summed E-state index contributed by atoms with van der Waals surface area (Å²) in [6.07, 6.45) is 2.22. The van der Waals surface area contributed by atoms with Crippen LogP contribution in [0.15, 0.2) is 24.3 Å². The third-order valence-corrected chi connectivity index (χ3v) is 4.84. The van der Waals surface area contributed by atoms with E-state index in [-0.39, 0.29) is 33.3 Å². The highest BCUT2D eigenvalue weighted by atomic mass is 35.5. The summed E-state index contributed by atoms with van der Waals surface area (Å²) in [5.74, 6) is 0.802. The van der Waals surface area contributed by atoms with Gasteiger partial charge in [-0.1, -0.05) is 23.2 Å². The number of aromatic hydroxyl groups is 1. The van der Waals surface area contributed by atoms with E-state index in [2.05, 4.69) is 0 Å². The second-order valence-corrected chi connectivity index (χ2v) is 6.72. The van der Waals surface area contributed by atoms with Gasteiger partial charge in [0, 0.05) is 29.9 Å². The van der Waals surface area contributed by atoms with Crippen molar-refractivity contribution in [1.82, 2.24) is 0 Å². The zero-order valence-corrected chi connectivity index (χ0v) is 15.5. The minimum absolute atomic E-state index is 0.0446. The van der Waals surface area contributed by atoms with E-state index in [1.54, 1.807) is 12.1 Å². The van der Waals surface area contributed by atoms with E-state index in [9.17, 15) is 15.2 Å². The monoisotopic (exact) mass is 397 g/mol. The van der Waals surface area contributed by atoms with Crippen molar-refractivity contribution in [3.63, 3.8) is 0 Å². The minimum Gasteiger partial charge on any atom is -0.508 e. The van der Waals surface area contributed by atoms with E-state index in [0.29, 0.717) is 24.3 Å². The smallest absolute Gasteiger partial charge is 0.272 e. The number of nitrogens with zero attached hydrogens (tertiary/aromatic N) is 1. The van der Waals surface area contributed by atoms with Gasteiger partial charge in [-0.3, -0.25) is 10.1 Å². The molecule has 3 rings (SSSR count). The molecular weight excluding hydrogens is 381 g/mol. The highest BCUT2D eigenvalue weighted by molar-refractivity contribution is 6.37. The normalized spacial score (nSPS) is 16.2. The van der Waals surface area contributed by atoms with Crippen LogP contribution in [0, 0.1) is 10.1 Å². The zero-order chi connectivity index (χ0) is 18.8. The maximum absolute atomic E-state index is 10.9. The van der Waals surface area contributed by atoms with Crippen LogP contribution < -0.4 is 4.74 Å². The third kappa shape index (κ3) is 3.58. The van der Waals surface area contributed by atoms with Crippen molar-refractivity contribution >= 4 is 28.9 Å². The van der Waals surface area contributed by atoms with Crippen LogP contribution in [-0.4, -0.2) is 16.6 Å². The predicted molar refractivity (Wildman–Crippen MR) is 98.6 cm³/mol. The molecule has 0 saturated carbocycles. The van der Waals surface area contributed by atoms with E-state index < -0.39 is 4.92 Å². The number of nitro benzene ring substituents is 1. The number of fused-ring (bicyclic) bond motifs is 1. The van der Waals surface area contributed by atoms with Gasteiger partial charge in [0.25, 0.3) is 5.69 Å². The molecule has 0 heterocycles. The lowest BCUT2D eigenvalue weighted by Crippen LogP contribution is -2.14. The predicted octanol–water partition coefficient (Wildman–Crippen LogP) is 5.81. The molecule has 26 heavy (non-hydrogen) atoms. The first kappa shape index (κ1) is 18.8. The van der Waals surface area contributed by atoms with E-state index in [4.69, 9.17) is 32.7 Å². The Balaban J connectivity index is 2.02. The van der Waals surface area contributed by atoms with Crippen molar-refractivity contribution in [3.05, 3.63) is 55.6 Å². The number of nitro groups is 1. The molecule has 0 saturated heterocycles. The fraction of sp³-hybridized carbons (Fsp3) is 0.333. The van der Waals surface area contributed by atoms with Gasteiger partial charge in [-0.05, 0) is 38.3 Å². The van der Waals surface area contributed by atoms with Gasteiger partial charge in [0.2, 0.25) is 0 Å². The van der Waals surface area contributed by atoms with Crippen LogP contribution >= 0.6 is 23.2 Å². The van der Waals surface area contributed by atoms with Crippen LogP contribution in [0.2, 0.25) is 10.0 Å². The van der Waals surface area contributed by atoms with Gasteiger partial charge >= 0.3 is 0 Å². The molecule has 0 amide bonds. The zero-order valence-electron chi connectivity index (χ0n) is 14.0. The summed E-state index contributed by atoms with van der Waals surface area (Å²) in [4.78, 5) is 10.3. The molecule has 0 unspecified atom stereocenters. The highest BCUT2D eigenvalue weighted by Gasteiger charge is 2.27. The Morgan fingerprint density at radius 3 is 2.62 bits per heavy atom. The molecule has 0 radical (unpaired) electrons. The van der Waals surface area contributed by atoms with Gasteiger partial charge in [0.15, 0.2) is 5.75 Å². The summed E-state index contributed by atoms with van der Waals surface area (Å²) in [5, 5.41) is 21.3. The maximum atomic E-state index is 10.9. The molecule has 138 valence electrons. The van der Waals surface area contributed by atoms with E-state index in [1.165, 1.54) is 12.1 Å². The number of phenols is 1. The molecule has 1 aliphatic rings. The third-order valence-electron chi connectivity index (χ3n) is 4.28. The van der Waals surface area contributed by atoms with Crippen LogP contribution in [0.5, 0.6) is 17.2 Å². The Morgan fingerprint density at radius 2 is 2.00 bits per heavy atom. The number of phenolic OH excluding ortho intramolecular Hbond substituents is 1. The largest absolute Gasteiger partial charge is 0.508 e. The van der Waals surface area contributed by atoms with Crippen molar-refractivity contribution in [2.75, 3.05) is 6.61 Å². The van der Waals surface area contributed by atoms with E-state index in [1.807, 2.05) is 6.92 Å². The first-order valence-corrected chi connectivity index (χ1v) is 8.95. The second kappa shape index (κ2) is 7.70. The quantitative estimate of drug-likeness (QED) is 0.508. The van der Waals surface area contributed by atoms with Crippen LogP contribution in [-0.2, 0) is 11.2 Å². The Morgan fingerprint density at radius 1 is 1.31 bits per heavy atom. The summed E-state index contributed by atoms with van der Waals surface area (Å²) in [7, 11) is 0. The number of ether oxygens (including phenoxy) is 2. The van der Waals surface area contributed by atoms with Crippen molar-refractivity contribution in [2.45, 2.75) is 32.3 Å². The molecule has 1 N–H and O–H groups in total. The Labute approximate surface area is 160 Å². The maximum Gasteiger partial charge on any atom is 0.272 e. The van der Waals surface area contributed by atoms with Gasteiger partial charge < -0.3 is 14.6 Å². The van der Waals surface area contributed by atoms with Gasteiger partial charge in [-0.2, -0.15) is 0 Å². The number of non-ortho nitro benzene ring substituents is 1. The average molecular weight is 398 g/mol. The average Bonchev–Trinajstić information content (AvgIpc) is 2.60. The number of hydrogen-bond donors (Lipinski definition) is 1. The molecule has 1 aliphatic carbocycles. The Kier molecular flexibility index (Phi) is 5.55. The fourth-order valence-electron chi connectivity index (χ4n) is 3.18. The second-order valence-electron chi connectivity index (χ2n) is 5.91. The minimum atomic E-state index is -0.573. The van der Waals surface area contributed by atoms with E-state index >= 15 is 0 Å². The molecule has 2 aromatic rings. The summed E-state index contributed by atoms with van der Waals surface area (Å²) in [6, 6.07) is 5.56.